The molecule has 7 nitrogen and oxygen atoms in total. The number of pyridine rings is 1. The number of benzene rings is 2. The maximum atomic E-state index is 12.7. The number of aromatic nitrogens is 1. The van der Waals surface area contributed by atoms with Gasteiger partial charge in [-0.15, -0.1) is 0 Å². The molecule has 2 N–H and O–H groups in total. The largest absolute Gasteiger partial charge is 0.489 e. The number of fused-ring (bicyclic) bond motifs is 1. The number of anilines is 1. The van der Waals surface area contributed by atoms with Crippen molar-refractivity contribution in [3.05, 3.63) is 78.1 Å². The van der Waals surface area contributed by atoms with Gasteiger partial charge >= 0.3 is 0 Å². The zero-order valence-corrected chi connectivity index (χ0v) is 21.1. The van der Waals surface area contributed by atoms with E-state index < -0.39 is 0 Å². The van der Waals surface area contributed by atoms with Crippen molar-refractivity contribution in [1.82, 2.24) is 15.2 Å². The SMILES string of the molecule is C=C(C#N)CNc1c(OC(C)C)ccc2ccc(C3CC(NC(=O)c4ccccn4)CCN3C)cc12. The van der Waals surface area contributed by atoms with Gasteiger partial charge in [-0.2, -0.15) is 5.26 Å². The molecule has 1 aliphatic heterocycles. The summed E-state index contributed by atoms with van der Waals surface area (Å²) in [6, 6.07) is 18.2. The normalized spacial score (nSPS) is 18.0. The molecule has 0 aliphatic carbocycles. The van der Waals surface area contributed by atoms with Crippen LogP contribution in [0.15, 0.2) is 66.9 Å². The van der Waals surface area contributed by atoms with E-state index >= 15 is 0 Å². The van der Waals surface area contributed by atoms with Crippen LogP contribution in [0, 0.1) is 11.3 Å². The smallest absolute Gasteiger partial charge is 0.270 e. The van der Waals surface area contributed by atoms with Gasteiger partial charge in [-0.05, 0) is 69.0 Å². The van der Waals surface area contributed by atoms with Crippen LogP contribution in [-0.4, -0.2) is 48.1 Å². The fraction of sp³-hybridized carbons (Fsp3) is 0.345. The lowest BCUT2D eigenvalue weighted by molar-refractivity contribution is 0.0883. The van der Waals surface area contributed by atoms with Gasteiger partial charge in [-0.1, -0.05) is 30.8 Å². The lowest BCUT2D eigenvalue weighted by Crippen LogP contribution is -2.45. The first kappa shape index (κ1) is 25.2. The molecule has 2 atom stereocenters. The van der Waals surface area contributed by atoms with E-state index in [1.54, 1.807) is 18.3 Å². The minimum Gasteiger partial charge on any atom is -0.489 e. The lowest BCUT2D eigenvalue weighted by atomic mass is 9.90. The molecule has 2 heterocycles. The number of hydrogen-bond donors (Lipinski definition) is 2. The molecule has 3 aromatic rings. The molecule has 0 radical (unpaired) electrons. The Morgan fingerprint density at radius 1 is 1.28 bits per heavy atom. The summed E-state index contributed by atoms with van der Waals surface area (Å²) >= 11 is 0. The van der Waals surface area contributed by atoms with Gasteiger partial charge in [0.2, 0.25) is 0 Å². The van der Waals surface area contributed by atoms with Gasteiger partial charge in [0.25, 0.3) is 5.91 Å². The van der Waals surface area contributed by atoms with Crippen LogP contribution < -0.4 is 15.4 Å². The third-order valence-corrected chi connectivity index (χ3v) is 6.49. The summed E-state index contributed by atoms with van der Waals surface area (Å²) in [7, 11) is 2.13. The molecule has 0 saturated carbocycles. The highest BCUT2D eigenvalue weighted by Gasteiger charge is 2.29. The van der Waals surface area contributed by atoms with Crippen LogP contribution in [-0.2, 0) is 0 Å². The second-order valence-corrected chi connectivity index (χ2v) is 9.56. The Bertz CT molecular complexity index is 1280. The van der Waals surface area contributed by atoms with Crippen LogP contribution in [0.2, 0.25) is 0 Å². The van der Waals surface area contributed by atoms with Crippen LogP contribution in [0.25, 0.3) is 10.8 Å². The Balaban J connectivity index is 1.63. The number of piperidine rings is 1. The van der Waals surface area contributed by atoms with E-state index in [0.29, 0.717) is 17.8 Å². The van der Waals surface area contributed by atoms with E-state index in [-0.39, 0.29) is 24.1 Å². The summed E-state index contributed by atoms with van der Waals surface area (Å²) in [6.45, 7) is 9.01. The number of likely N-dealkylation sites (tertiary alicyclic amines) is 1. The number of carbonyl (C=O) groups is 1. The van der Waals surface area contributed by atoms with Crippen molar-refractivity contribution in [2.24, 2.45) is 0 Å². The summed E-state index contributed by atoms with van der Waals surface area (Å²) < 4.78 is 6.09. The van der Waals surface area contributed by atoms with Crippen LogP contribution in [0.4, 0.5) is 5.69 Å². The molecular formula is C29H33N5O2. The van der Waals surface area contributed by atoms with E-state index in [1.807, 2.05) is 26.0 Å². The highest BCUT2D eigenvalue weighted by atomic mass is 16.5. The van der Waals surface area contributed by atoms with Crippen LogP contribution in [0.5, 0.6) is 5.75 Å². The fourth-order valence-corrected chi connectivity index (χ4v) is 4.65. The fourth-order valence-electron chi connectivity index (χ4n) is 4.65. The van der Waals surface area contributed by atoms with Crippen LogP contribution in [0.3, 0.4) is 0 Å². The van der Waals surface area contributed by atoms with Gasteiger partial charge in [0, 0.05) is 42.3 Å². The van der Waals surface area contributed by atoms with Crippen LogP contribution >= 0.6 is 0 Å². The lowest BCUT2D eigenvalue weighted by Gasteiger charge is -2.38. The van der Waals surface area contributed by atoms with Crippen molar-refractivity contribution in [3.63, 3.8) is 0 Å². The van der Waals surface area contributed by atoms with Crippen molar-refractivity contribution in [1.29, 1.82) is 5.26 Å². The molecule has 7 heteroatoms. The zero-order chi connectivity index (χ0) is 25.7. The van der Waals surface area contributed by atoms with Crippen LogP contribution in [0.1, 0.15) is 48.8 Å². The third-order valence-electron chi connectivity index (χ3n) is 6.49. The molecule has 1 fully saturated rings. The zero-order valence-electron chi connectivity index (χ0n) is 21.1. The van der Waals surface area contributed by atoms with Gasteiger partial charge < -0.3 is 15.4 Å². The van der Waals surface area contributed by atoms with Gasteiger partial charge in [0.1, 0.15) is 11.4 Å². The molecule has 1 aromatic heterocycles. The Labute approximate surface area is 212 Å². The predicted octanol–water partition coefficient (Wildman–Crippen LogP) is 5.08. The Kier molecular flexibility index (Phi) is 7.87. The Hall–Kier alpha value is -3.89. The van der Waals surface area contributed by atoms with Gasteiger partial charge in [0.15, 0.2) is 0 Å². The summed E-state index contributed by atoms with van der Waals surface area (Å²) in [5.41, 5.74) is 2.92. The third kappa shape index (κ3) is 5.84. The molecule has 1 aliphatic rings. The first-order chi connectivity index (χ1) is 17.4. The summed E-state index contributed by atoms with van der Waals surface area (Å²) in [5, 5.41) is 17.9. The minimum atomic E-state index is -0.137. The average Bonchev–Trinajstić information content (AvgIpc) is 2.88. The maximum Gasteiger partial charge on any atom is 0.270 e. The second-order valence-electron chi connectivity index (χ2n) is 9.56. The molecule has 4 rings (SSSR count). The van der Waals surface area contributed by atoms with Crippen molar-refractivity contribution >= 4 is 22.4 Å². The number of rotatable bonds is 8. The summed E-state index contributed by atoms with van der Waals surface area (Å²) in [6.07, 6.45) is 3.33. The Morgan fingerprint density at radius 3 is 2.81 bits per heavy atom. The molecule has 186 valence electrons. The van der Waals surface area contributed by atoms with E-state index in [1.165, 1.54) is 5.56 Å². The number of hydrogen-bond acceptors (Lipinski definition) is 6. The van der Waals surface area contributed by atoms with Crippen molar-refractivity contribution < 1.29 is 9.53 Å². The standard InChI is InChI=1S/C29H33N5O2/c1-19(2)36-27-11-10-21-8-9-22(15-24(21)28(27)32-18-20(3)17-30)26-16-23(12-14-34(26)4)33-29(35)25-7-5-6-13-31-25/h5-11,13,15,19,23,26,32H,3,12,14,16,18H2,1-2,4H3,(H,33,35). The monoisotopic (exact) mass is 483 g/mol. The molecule has 0 spiro atoms. The minimum absolute atomic E-state index is 0.0123. The number of nitrogens with one attached hydrogen (secondary N) is 2. The summed E-state index contributed by atoms with van der Waals surface area (Å²) in [4.78, 5) is 19.2. The molecular weight excluding hydrogens is 450 g/mol. The van der Waals surface area contributed by atoms with E-state index in [9.17, 15) is 10.1 Å². The molecule has 0 bridgehead atoms. The number of ether oxygens (including phenoxy) is 1. The van der Waals surface area contributed by atoms with E-state index in [0.717, 1.165) is 41.6 Å². The van der Waals surface area contributed by atoms with E-state index in [2.05, 4.69) is 64.5 Å². The number of nitriles is 1. The number of carbonyl (C=O) groups excluding carboxylic acids is 1. The highest BCUT2D eigenvalue weighted by molar-refractivity contribution is 5.97. The number of amides is 1. The van der Waals surface area contributed by atoms with E-state index in [4.69, 9.17) is 4.74 Å². The molecule has 1 saturated heterocycles. The first-order valence-electron chi connectivity index (χ1n) is 12.3. The topological polar surface area (TPSA) is 90.3 Å². The predicted molar refractivity (Wildman–Crippen MR) is 143 cm³/mol. The molecule has 2 aromatic carbocycles. The van der Waals surface area contributed by atoms with Crippen molar-refractivity contribution in [2.45, 2.75) is 44.9 Å². The van der Waals surface area contributed by atoms with Crippen molar-refractivity contribution in [2.75, 3.05) is 25.5 Å². The highest BCUT2D eigenvalue weighted by Crippen LogP contribution is 2.38. The molecule has 36 heavy (non-hydrogen) atoms. The quantitative estimate of drug-likeness (QED) is 0.434. The Morgan fingerprint density at radius 2 is 2.08 bits per heavy atom. The molecule has 2 unspecified atom stereocenters. The van der Waals surface area contributed by atoms with Crippen molar-refractivity contribution in [3.8, 4) is 11.8 Å². The second kappa shape index (κ2) is 11.2. The van der Waals surface area contributed by atoms with Gasteiger partial charge in [-0.25, -0.2) is 0 Å². The van der Waals surface area contributed by atoms with Gasteiger partial charge in [-0.3, -0.25) is 14.7 Å². The average molecular weight is 484 g/mol. The molecule has 1 amide bonds. The van der Waals surface area contributed by atoms with Gasteiger partial charge in [0.05, 0.1) is 17.9 Å². The first-order valence-corrected chi connectivity index (χ1v) is 12.3. The summed E-state index contributed by atoms with van der Waals surface area (Å²) in [5.74, 6) is 0.611. The number of nitrogens with zero attached hydrogens (tertiary/aromatic N) is 3. The maximum absolute atomic E-state index is 12.7.